The largest absolute Gasteiger partial charge is 0.416 e. The first-order chi connectivity index (χ1) is 12.9. The van der Waals surface area contributed by atoms with Gasteiger partial charge in [-0.05, 0) is 43.3 Å². The molecule has 0 saturated heterocycles. The number of nitrogens with two attached hydrogens (primary N) is 1. The van der Waals surface area contributed by atoms with Crippen molar-refractivity contribution < 1.29 is 13.2 Å². The number of alkyl halides is 3. The van der Waals surface area contributed by atoms with Crippen LogP contribution in [0.1, 0.15) is 12.0 Å². The monoisotopic (exact) mass is 460 g/mol. The highest BCUT2D eigenvalue weighted by atomic mass is 79.9. The van der Waals surface area contributed by atoms with Crippen molar-refractivity contribution in [3.8, 4) is 0 Å². The topological polar surface area (TPSA) is 62.1 Å². The lowest BCUT2D eigenvalue weighted by molar-refractivity contribution is -0.137. The predicted molar refractivity (Wildman–Crippen MR) is 108 cm³/mol. The highest BCUT2D eigenvalue weighted by Crippen LogP contribution is 2.49. The molecule has 146 valence electrons. The summed E-state index contributed by atoms with van der Waals surface area (Å²) in [4.78, 5) is 1.44. The lowest BCUT2D eigenvalue weighted by atomic mass is 10.1. The second kappa shape index (κ2) is 8.72. The summed E-state index contributed by atoms with van der Waals surface area (Å²) < 4.78 is 40.9. The molecule has 9 heteroatoms. The zero-order chi connectivity index (χ0) is 19.4. The zero-order valence-corrected chi connectivity index (χ0v) is 16.8. The van der Waals surface area contributed by atoms with Crippen molar-refractivity contribution in [3.05, 3.63) is 40.4 Å². The quantitative estimate of drug-likeness (QED) is 0.372. The third kappa shape index (κ3) is 5.10. The molecular weight excluding hydrogens is 441 g/mol. The lowest BCUT2D eigenvalue weighted by Gasteiger charge is -2.25. The highest BCUT2D eigenvalue weighted by Gasteiger charge is 2.33. The summed E-state index contributed by atoms with van der Waals surface area (Å²) in [5, 5.41) is 9.59. The van der Waals surface area contributed by atoms with E-state index in [1.807, 2.05) is 18.2 Å². The fourth-order valence-electron chi connectivity index (χ4n) is 2.73. The summed E-state index contributed by atoms with van der Waals surface area (Å²) in [5.41, 5.74) is 6.78. The molecule has 1 heterocycles. The van der Waals surface area contributed by atoms with Gasteiger partial charge in [-0.25, -0.2) is 0 Å². The Kier molecular flexibility index (Phi) is 6.56. The molecule has 0 radical (unpaired) electrons. The zero-order valence-electron chi connectivity index (χ0n) is 14.4. The van der Waals surface area contributed by atoms with E-state index < -0.39 is 11.7 Å². The molecule has 2 aromatic carbocycles. The van der Waals surface area contributed by atoms with E-state index in [-0.39, 0.29) is 0 Å². The summed E-state index contributed by atoms with van der Waals surface area (Å²) in [5.74, 6) is 0. The van der Waals surface area contributed by atoms with E-state index in [1.54, 1.807) is 0 Å². The summed E-state index contributed by atoms with van der Waals surface area (Å²) in [6.45, 7) is 2.60. The molecule has 0 bridgehead atoms. The number of anilines is 3. The second-order valence-electron chi connectivity index (χ2n) is 6.08. The van der Waals surface area contributed by atoms with Crippen LogP contribution in [0.15, 0.2) is 44.6 Å². The van der Waals surface area contributed by atoms with Gasteiger partial charge in [-0.1, -0.05) is 27.7 Å². The van der Waals surface area contributed by atoms with Crippen LogP contribution in [0.3, 0.4) is 0 Å². The maximum atomic E-state index is 13.3. The summed E-state index contributed by atoms with van der Waals surface area (Å²) >= 11 is 4.74. The minimum Gasteiger partial charge on any atom is -0.383 e. The average molecular weight is 461 g/mol. The molecule has 0 fully saturated rings. The molecule has 1 aliphatic heterocycles. The van der Waals surface area contributed by atoms with E-state index in [4.69, 9.17) is 5.73 Å². The second-order valence-corrected chi connectivity index (χ2v) is 8.08. The number of benzene rings is 2. The molecule has 0 amide bonds. The number of nitrogens with one attached hydrogen (secondary N) is 3. The van der Waals surface area contributed by atoms with E-state index >= 15 is 0 Å². The van der Waals surface area contributed by atoms with Crippen LogP contribution in [0.4, 0.5) is 30.2 Å². The van der Waals surface area contributed by atoms with Crippen LogP contribution in [0.2, 0.25) is 0 Å². The minimum absolute atomic E-state index is 0.458. The molecular formula is C18H20BrF3N4S. The van der Waals surface area contributed by atoms with Crippen LogP contribution in [0, 0.1) is 0 Å². The highest BCUT2D eigenvalue weighted by molar-refractivity contribution is 9.10. The van der Waals surface area contributed by atoms with Gasteiger partial charge in [0.1, 0.15) is 0 Å². The van der Waals surface area contributed by atoms with Gasteiger partial charge in [0.2, 0.25) is 0 Å². The SMILES string of the molecule is NCCNCCCNc1cc(C(F)(F)F)cc2c1Nc1ccc(Br)cc1S2. The van der Waals surface area contributed by atoms with Crippen molar-refractivity contribution in [2.45, 2.75) is 22.4 Å². The van der Waals surface area contributed by atoms with Gasteiger partial charge in [0.05, 0.1) is 22.6 Å². The molecule has 0 unspecified atom stereocenters. The van der Waals surface area contributed by atoms with Gasteiger partial charge in [0.15, 0.2) is 0 Å². The lowest BCUT2D eigenvalue weighted by Crippen LogP contribution is -2.24. The maximum absolute atomic E-state index is 13.3. The van der Waals surface area contributed by atoms with Crippen molar-refractivity contribution in [1.29, 1.82) is 0 Å². The van der Waals surface area contributed by atoms with E-state index in [1.165, 1.54) is 23.9 Å². The molecule has 27 heavy (non-hydrogen) atoms. The Morgan fingerprint density at radius 2 is 1.89 bits per heavy atom. The van der Waals surface area contributed by atoms with Gasteiger partial charge in [-0.15, -0.1) is 0 Å². The molecule has 5 N–H and O–H groups in total. The first-order valence-electron chi connectivity index (χ1n) is 8.53. The Balaban J connectivity index is 1.83. The van der Waals surface area contributed by atoms with E-state index in [0.29, 0.717) is 29.4 Å². The molecule has 0 aliphatic carbocycles. The van der Waals surface area contributed by atoms with Crippen LogP contribution in [-0.4, -0.2) is 26.2 Å². The van der Waals surface area contributed by atoms with Crippen LogP contribution in [0.5, 0.6) is 0 Å². The fourth-order valence-corrected chi connectivity index (χ4v) is 4.34. The van der Waals surface area contributed by atoms with Gasteiger partial charge in [-0.3, -0.25) is 0 Å². The smallest absolute Gasteiger partial charge is 0.383 e. The minimum atomic E-state index is -4.40. The number of hydrogen-bond acceptors (Lipinski definition) is 5. The first kappa shape index (κ1) is 20.3. The molecule has 3 rings (SSSR count). The van der Waals surface area contributed by atoms with Crippen molar-refractivity contribution in [2.24, 2.45) is 5.73 Å². The van der Waals surface area contributed by atoms with Gasteiger partial charge >= 0.3 is 6.18 Å². The van der Waals surface area contributed by atoms with Crippen LogP contribution >= 0.6 is 27.7 Å². The Bertz CT molecular complexity index is 814. The van der Waals surface area contributed by atoms with E-state index in [2.05, 4.69) is 31.9 Å². The molecule has 4 nitrogen and oxygen atoms in total. The number of hydrogen-bond donors (Lipinski definition) is 4. The number of rotatable bonds is 7. The third-order valence-electron chi connectivity index (χ3n) is 4.02. The Morgan fingerprint density at radius 3 is 2.63 bits per heavy atom. The number of fused-ring (bicyclic) bond motifs is 2. The van der Waals surface area contributed by atoms with Gasteiger partial charge < -0.3 is 21.7 Å². The van der Waals surface area contributed by atoms with Gasteiger partial charge in [0.25, 0.3) is 0 Å². The predicted octanol–water partition coefficient (Wildman–Crippen LogP) is 5.03. The summed E-state index contributed by atoms with van der Waals surface area (Å²) in [7, 11) is 0. The van der Waals surface area contributed by atoms with Crippen LogP contribution in [-0.2, 0) is 6.18 Å². The van der Waals surface area contributed by atoms with Crippen molar-refractivity contribution >= 4 is 44.8 Å². The normalized spacial score (nSPS) is 12.9. The van der Waals surface area contributed by atoms with Crippen molar-refractivity contribution in [3.63, 3.8) is 0 Å². The third-order valence-corrected chi connectivity index (χ3v) is 5.61. The van der Waals surface area contributed by atoms with Crippen LogP contribution < -0.4 is 21.7 Å². The van der Waals surface area contributed by atoms with Crippen molar-refractivity contribution in [2.75, 3.05) is 36.8 Å². The summed E-state index contributed by atoms with van der Waals surface area (Å²) in [6, 6.07) is 8.08. The molecule has 0 aromatic heterocycles. The van der Waals surface area contributed by atoms with Crippen LogP contribution in [0.25, 0.3) is 0 Å². The van der Waals surface area contributed by atoms with E-state index in [0.717, 1.165) is 34.6 Å². The van der Waals surface area contributed by atoms with Crippen molar-refractivity contribution in [1.82, 2.24) is 5.32 Å². The van der Waals surface area contributed by atoms with Gasteiger partial charge in [0, 0.05) is 33.9 Å². The Hall–Kier alpha value is -1.42. The molecule has 0 saturated carbocycles. The maximum Gasteiger partial charge on any atom is 0.416 e. The fraction of sp³-hybridized carbons (Fsp3) is 0.333. The summed E-state index contributed by atoms with van der Waals surface area (Å²) in [6.07, 6.45) is -3.62. The molecule has 2 aromatic rings. The Morgan fingerprint density at radius 1 is 1.07 bits per heavy atom. The first-order valence-corrected chi connectivity index (χ1v) is 10.1. The van der Waals surface area contributed by atoms with Gasteiger partial charge in [-0.2, -0.15) is 13.2 Å². The average Bonchev–Trinajstić information content (AvgIpc) is 2.61. The molecule has 1 aliphatic rings. The molecule has 0 atom stereocenters. The van der Waals surface area contributed by atoms with E-state index in [9.17, 15) is 13.2 Å². The number of halogens is 4. The Labute approximate surface area is 168 Å². The standard InChI is InChI=1S/C18H20BrF3N4S/c19-12-2-3-13-15(10-12)27-16-9-11(18(20,21)22)8-14(17(16)26-13)25-6-1-5-24-7-4-23/h2-3,8-10,24-26H,1,4-7,23H2. The molecule has 0 spiro atoms.